The number of hydrogen-bond acceptors (Lipinski definition) is 6. The van der Waals surface area contributed by atoms with E-state index in [0.29, 0.717) is 27.3 Å². The van der Waals surface area contributed by atoms with Crippen molar-refractivity contribution in [2.75, 3.05) is 5.32 Å². The number of halogens is 2. The Morgan fingerprint density at radius 2 is 2.07 bits per heavy atom. The van der Waals surface area contributed by atoms with Crippen LogP contribution in [0.1, 0.15) is 37.9 Å². The van der Waals surface area contributed by atoms with Crippen molar-refractivity contribution in [2.24, 2.45) is 5.16 Å². The molecule has 0 unspecified atom stereocenters. The quantitative estimate of drug-likeness (QED) is 0.680. The summed E-state index contributed by atoms with van der Waals surface area (Å²) < 4.78 is 1.69. The molecular weight excluding hydrogens is 387 g/mol. The van der Waals surface area contributed by atoms with Crippen LogP contribution >= 0.6 is 23.2 Å². The second-order valence-electron chi connectivity index (χ2n) is 6.84. The van der Waals surface area contributed by atoms with Crippen molar-refractivity contribution < 1.29 is 4.84 Å². The van der Waals surface area contributed by atoms with Gasteiger partial charge in [-0.1, -0.05) is 34.4 Å². The first-order chi connectivity index (χ1) is 12.8. The zero-order chi connectivity index (χ0) is 19.2. The van der Waals surface area contributed by atoms with E-state index in [-0.39, 0.29) is 6.04 Å². The van der Waals surface area contributed by atoms with E-state index in [2.05, 4.69) is 25.9 Å². The SMILES string of the molecule is C[C@@H](Nc1ccn2ncc(C3=NOC(C)(C)N3)c2n1)c1ccc(Cl)cc1Cl. The fraction of sp³-hybridized carbons (Fsp3) is 0.278. The molecule has 0 aliphatic carbocycles. The molecule has 0 radical (unpaired) electrons. The monoisotopic (exact) mass is 404 g/mol. The van der Waals surface area contributed by atoms with Crippen LogP contribution in [-0.4, -0.2) is 26.2 Å². The van der Waals surface area contributed by atoms with E-state index in [9.17, 15) is 0 Å². The lowest BCUT2D eigenvalue weighted by molar-refractivity contribution is -0.00234. The van der Waals surface area contributed by atoms with Gasteiger partial charge in [0.05, 0.1) is 17.8 Å². The number of nitrogens with one attached hydrogen (secondary N) is 2. The van der Waals surface area contributed by atoms with Gasteiger partial charge in [0.2, 0.25) is 5.72 Å². The standard InChI is InChI=1S/C18H18Cl2N6O/c1-10(12-5-4-11(19)8-14(12)20)22-15-6-7-26-17(23-15)13(9-21-26)16-24-18(2,3)27-25-16/h4-10H,1-3H3,(H,22,23)(H,24,25)/t10-/m1/s1. The summed E-state index contributed by atoms with van der Waals surface area (Å²) in [5, 5.41) is 16.2. The van der Waals surface area contributed by atoms with Crippen LogP contribution in [-0.2, 0) is 4.84 Å². The molecule has 1 aliphatic heterocycles. The van der Waals surface area contributed by atoms with Gasteiger partial charge in [-0.3, -0.25) is 0 Å². The average Bonchev–Trinajstić information content (AvgIpc) is 3.17. The van der Waals surface area contributed by atoms with Crippen molar-refractivity contribution in [3.8, 4) is 0 Å². The molecule has 3 heterocycles. The Bertz CT molecular complexity index is 1050. The van der Waals surface area contributed by atoms with Crippen molar-refractivity contribution in [1.82, 2.24) is 19.9 Å². The summed E-state index contributed by atoms with van der Waals surface area (Å²) in [5.74, 6) is 1.30. The Morgan fingerprint density at radius 1 is 1.26 bits per heavy atom. The third kappa shape index (κ3) is 3.52. The molecule has 140 valence electrons. The van der Waals surface area contributed by atoms with Crippen molar-refractivity contribution in [1.29, 1.82) is 0 Å². The van der Waals surface area contributed by atoms with E-state index < -0.39 is 5.72 Å². The van der Waals surface area contributed by atoms with E-state index in [1.165, 1.54) is 0 Å². The summed E-state index contributed by atoms with van der Waals surface area (Å²) in [5.41, 5.74) is 1.82. The molecule has 2 N–H and O–H groups in total. The molecule has 0 bridgehead atoms. The summed E-state index contributed by atoms with van der Waals surface area (Å²) in [6, 6.07) is 7.25. The van der Waals surface area contributed by atoms with Gasteiger partial charge in [0.15, 0.2) is 11.5 Å². The van der Waals surface area contributed by atoms with Gasteiger partial charge in [-0.15, -0.1) is 0 Å². The minimum Gasteiger partial charge on any atom is -0.366 e. The number of nitrogens with zero attached hydrogens (tertiary/aromatic N) is 4. The van der Waals surface area contributed by atoms with Crippen LogP contribution in [0.25, 0.3) is 5.65 Å². The maximum Gasteiger partial charge on any atom is 0.203 e. The molecule has 1 aromatic carbocycles. The van der Waals surface area contributed by atoms with Crippen LogP contribution in [0, 0.1) is 0 Å². The third-order valence-corrected chi connectivity index (χ3v) is 4.76. The van der Waals surface area contributed by atoms with Crippen molar-refractivity contribution in [2.45, 2.75) is 32.5 Å². The summed E-state index contributed by atoms with van der Waals surface area (Å²) in [4.78, 5) is 10.1. The molecule has 9 heteroatoms. The lowest BCUT2D eigenvalue weighted by atomic mass is 10.1. The van der Waals surface area contributed by atoms with Crippen molar-refractivity contribution >= 4 is 40.5 Å². The van der Waals surface area contributed by atoms with Gasteiger partial charge in [-0.25, -0.2) is 9.50 Å². The molecule has 2 aromatic heterocycles. The number of benzene rings is 1. The molecular formula is C18H18Cl2N6O. The van der Waals surface area contributed by atoms with Gasteiger partial charge >= 0.3 is 0 Å². The number of rotatable bonds is 4. The van der Waals surface area contributed by atoms with Crippen LogP contribution in [0.5, 0.6) is 0 Å². The number of hydrogen-bond donors (Lipinski definition) is 2. The summed E-state index contributed by atoms with van der Waals surface area (Å²) >= 11 is 12.3. The van der Waals surface area contributed by atoms with Crippen LogP contribution in [0.3, 0.4) is 0 Å². The maximum absolute atomic E-state index is 6.31. The number of amidine groups is 1. The predicted molar refractivity (Wildman–Crippen MR) is 106 cm³/mol. The molecule has 0 fully saturated rings. The topological polar surface area (TPSA) is 75.8 Å². The molecule has 1 atom stereocenters. The van der Waals surface area contributed by atoms with Gasteiger partial charge in [0.1, 0.15) is 5.82 Å². The lowest BCUT2D eigenvalue weighted by Crippen LogP contribution is -2.38. The minimum absolute atomic E-state index is 0.0553. The summed E-state index contributed by atoms with van der Waals surface area (Å²) in [6.07, 6.45) is 3.55. The zero-order valence-electron chi connectivity index (χ0n) is 15.0. The highest BCUT2D eigenvalue weighted by Crippen LogP contribution is 2.28. The number of aromatic nitrogens is 3. The van der Waals surface area contributed by atoms with E-state index in [0.717, 1.165) is 11.1 Å². The Hall–Kier alpha value is -2.51. The van der Waals surface area contributed by atoms with E-state index in [1.807, 2.05) is 45.2 Å². The molecule has 27 heavy (non-hydrogen) atoms. The van der Waals surface area contributed by atoms with Crippen LogP contribution < -0.4 is 10.6 Å². The first kappa shape index (κ1) is 17.9. The largest absolute Gasteiger partial charge is 0.366 e. The fourth-order valence-corrected chi connectivity index (χ4v) is 3.45. The van der Waals surface area contributed by atoms with E-state index in [1.54, 1.807) is 16.8 Å². The Balaban J connectivity index is 1.62. The number of anilines is 1. The zero-order valence-corrected chi connectivity index (χ0v) is 16.5. The summed E-state index contributed by atoms with van der Waals surface area (Å²) in [7, 11) is 0. The molecule has 3 aromatic rings. The molecule has 4 rings (SSSR count). The van der Waals surface area contributed by atoms with Crippen LogP contribution in [0.2, 0.25) is 10.0 Å². The Morgan fingerprint density at radius 3 is 2.78 bits per heavy atom. The normalized spacial score (nSPS) is 16.6. The lowest BCUT2D eigenvalue weighted by Gasteiger charge is -2.17. The second-order valence-corrected chi connectivity index (χ2v) is 7.68. The first-order valence-corrected chi connectivity index (χ1v) is 9.18. The first-order valence-electron chi connectivity index (χ1n) is 8.43. The molecule has 0 spiro atoms. The Kier molecular flexibility index (Phi) is 4.36. The van der Waals surface area contributed by atoms with Gasteiger partial charge in [0, 0.05) is 16.2 Å². The van der Waals surface area contributed by atoms with E-state index in [4.69, 9.17) is 28.0 Å². The number of fused-ring (bicyclic) bond motifs is 1. The van der Waals surface area contributed by atoms with Gasteiger partial charge in [-0.05, 0) is 44.5 Å². The molecule has 0 amide bonds. The van der Waals surface area contributed by atoms with Gasteiger partial charge in [0.25, 0.3) is 0 Å². The Labute approximate surface area is 166 Å². The predicted octanol–water partition coefficient (Wildman–Crippen LogP) is 4.23. The molecule has 7 nitrogen and oxygen atoms in total. The fourth-order valence-electron chi connectivity index (χ4n) is 2.88. The van der Waals surface area contributed by atoms with Gasteiger partial charge in [-0.2, -0.15) is 5.10 Å². The van der Waals surface area contributed by atoms with Crippen LogP contribution in [0.4, 0.5) is 5.82 Å². The minimum atomic E-state index is -0.556. The third-order valence-electron chi connectivity index (χ3n) is 4.20. The molecule has 0 saturated carbocycles. The highest BCUT2D eigenvalue weighted by Gasteiger charge is 2.30. The van der Waals surface area contributed by atoms with Crippen LogP contribution in [0.15, 0.2) is 41.8 Å². The van der Waals surface area contributed by atoms with Crippen molar-refractivity contribution in [3.63, 3.8) is 0 Å². The highest BCUT2D eigenvalue weighted by molar-refractivity contribution is 6.35. The summed E-state index contributed by atoms with van der Waals surface area (Å²) in [6.45, 7) is 5.80. The second kappa shape index (κ2) is 6.58. The highest BCUT2D eigenvalue weighted by atomic mass is 35.5. The van der Waals surface area contributed by atoms with Gasteiger partial charge < -0.3 is 15.5 Å². The molecule has 1 aliphatic rings. The number of oxime groups is 1. The maximum atomic E-state index is 6.31. The molecule has 0 saturated heterocycles. The smallest absolute Gasteiger partial charge is 0.203 e. The van der Waals surface area contributed by atoms with Crippen molar-refractivity contribution in [3.05, 3.63) is 57.8 Å². The van der Waals surface area contributed by atoms with E-state index >= 15 is 0 Å². The average molecular weight is 405 g/mol.